The highest BCUT2D eigenvalue weighted by Gasteiger charge is 2.53. The van der Waals surface area contributed by atoms with E-state index in [0.29, 0.717) is 0 Å². The second kappa shape index (κ2) is 6.16. The van der Waals surface area contributed by atoms with Crippen molar-refractivity contribution in [2.24, 2.45) is 11.3 Å². The van der Waals surface area contributed by atoms with Gasteiger partial charge in [-0.15, -0.1) is 0 Å². The molecule has 2 atom stereocenters. The average Bonchev–Trinajstić information content (AvgIpc) is 2.88. The van der Waals surface area contributed by atoms with Gasteiger partial charge in [-0.25, -0.2) is 8.42 Å². The van der Waals surface area contributed by atoms with Gasteiger partial charge in [0.15, 0.2) is 6.23 Å². The zero-order chi connectivity index (χ0) is 17.7. The van der Waals surface area contributed by atoms with E-state index >= 15 is 0 Å². The molecule has 1 N–H and O–H groups in total. The predicted molar refractivity (Wildman–Crippen MR) is 97.5 cm³/mol. The van der Waals surface area contributed by atoms with Crippen LogP contribution < -0.4 is 4.72 Å². The van der Waals surface area contributed by atoms with E-state index < -0.39 is 16.3 Å². The first-order valence-electron chi connectivity index (χ1n) is 9.46. The number of sulfonamides is 1. The van der Waals surface area contributed by atoms with E-state index in [1.807, 2.05) is 13.8 Å². The molecule has 0 radical (unpaired) electrons. The van der Waals surface area contributed by atoms with Crippen molar-refractivity contribution in [2.45, 2.75) is 65.0 Å². The summed E-state index contributed by atoms with van der Waals surface area (Å²) in [7, 11) is -3.32. The molecule has 0 aromatic carbocycles. The van der Waals surface area contributed by atoms with Gasteiger partial charge in [0, 0.05) is 18.8 Å². The van der Waals surface area contributed by atoms with Crippen molar-refractivity contribution < 1.29 is 13.2 Å². The second-order valence-corrected chi connectivity index (χ2v) is 9.95. The molecule has 4 aliphatic rings. The zero-order valence-electron chi connectivity index (χ0n) is 15.1. The van der Waals surface area contributed by atoms with Crippen LogP contribution in [0, 0.1) is 11.3 Å². The summed E-state index contributed by atoms with van der Waals surface area (Å²) in [5.74, 6) is 1.28. The van der Waals surface area contributed by atoms with Gasteiger partial charge in [0.05, 0.1) is 16.9 Å². The third-order valence-electron chi connectivity index (χ3n) is 5.69. The number of nitrogens with zero attached hydrogens (tertiary/aromatic N) is 1. The van der Waals surface area contributed by atoms with Crippen molar-refractivity contribution in [2.75, 3.05) is 5.75 Å². The predicted octanol–water partition coefficient (Wildman–Crippen LogP) is 3.59. The van der Waals surface area contributed by atoms with E-state index in [1.54, 1.807) is 0 Å². The molecule has 4 rings (SSSR count). The molecule has 0 bridgehead atoms. The molecule has 5 nitrogen and oxygen atoms in total. The summed E-state index contributed by atoms with van der Waals surface area (Å²) >= 11 is 0. The lowest BCUT2D eigenvalue weighted by Gasteiger charge is -2.42. The molecular formula is C19H28N2O3S. The molecule has 1 saturated heterocycles. The summed E-state index contributed by atoms with van der Waals surface area (Å²) in [6.45, 7) is 3.85. The van der Waals surface area contributed by atoms with Crippen molar-refractivity contribution in [3.63, 3.8) is 0 Å². The molecule has 1 saturated carbocycles. The molecule has 2 fully saturated rings. The van der Waals surface area contributed by atoms with Gasteiger partial charge >= 0.3 is 0 Å². The maximum absolute atomic E-state index is 12.4. The standard InChI is InChI=1S/C19H28N2O3S/c1-14(2)13-25(22,23)20-17-11-19-9-5-3-7-15(19)12-21-10-6-4-8-16(21)18(19)24-17/h6,10,12,14,17,20H,3-5,7-9,11,13H2,1-2H3. The van der Waals surface area contributed by atoms with Crippen LogP contribution in [0.25, 0.3) is 0 Å². The number of ether oxygens (including phenoxy) is 1. The van der Waals surface area contributed by atoms with E-state index in [4.69, 9.17) is 4.74 Å². The molecule has 6 heteroatoms. The third-order valence-corrected chi connectivity index (χ3v) is 7.42. The number of fused-ring (bicyclic) bond motifs is 1. The lowest BCUT2D eigenvalue weighted by molar-refractivity contribution is 0.139. The first-order valence-corrected chi connectivity index (χ1v) is 11.1. The Kier molecular flexibility index (Phi) is 4.23. The van der Waals surface area contributed by atoms with E-state index in [2.05, 4.69) is 28.1 Å². The summed E-state index contributed by atoms with van der Waals surface area (Å²) in [5.41, 5.74) is 2.55. The zero-order valence-corrected chi connectivity index (χ0v) is 15.9. The van der Waals surface area contributed by atoms with Crippen LogP contribution >= 0.6 is 0 Å². The molecule has 25 heavy (non-hydrogen) atoms. The molecule has 0 aromatic heterocycles. The van der Waals surface area contributed by atoms with Crippen LogP contribution in [0.15, 0.2) is 35.5 Å². The molecule has 3 aliphatic heterocycles. The number of nitrogens with one attached hydrogen (secondary N) is 1. The Morgan fingerprint density at radius 3 is 3.00 bits per heavy atom. The molecular weight excluding hydrogens is 336 g/mol. The van der Waals surface area contributed by atoms with Crippen molar-refractivity contribution in [1.29, 1.82) is 0 Å². The third kappa shape index (κ3) is 3.04. The van der Waals surface area contributed by atoms with Crippen LogP contribution in [-0.2, 0) is 14.8 Å². The van der Waals surface area contributed by atoms with Gasteiger partial charge in [0.2, 0.25) is 10.0 Å². The van der Waals surface area contributed by atoms with E-state index in [9.17, 15) is 8.42 Å². The lowest BCUT2D eigenvalue weighted by atomic mass is 9.66. The van der Waals surface area contributed by atoms with Crippen LogP contribution in [0.2, 0.25) is 0 Å². The Morgan fingerprint density at radius 2 is 2.20 bits per heavy atom. The van der Waals surface area contributed by atoms with Gasteiger partial charge in [0.1, 0.15) is 5.76 Å². The Hall–Kier alpha value is -1.27. The molecule has 0 amide bonds. The summed E-state index contributed by atoms with van der Waals surface area (Å²) in [5, 5.41) is 0. The van der Waals surface area contributed by atoms with Crippen LogP contribution in [0.3, 0.4) is 0 Å². The maximum atomic E-state index is 12.4. The van der Waals surface area contributed by atoms with E-state index in [1.165, 1.54) is 24.1 Å². The number of hydrogen-bond donors (Lipinski definition) is 1. The molecule has 1 spiro atoms. The SMILES string of the molecule is CC(C)CS(=O)(=O)NC1CC23CCCCC2=CN2C=CCCC2=C3O1. The largest absolute Gasteiger partial charge is 0.476 e. The fraction of sp³-hybridized carbons (Fsp3) is 0.684. The van der Waals surface area contributed by atoms with Crippen molar-refractivity contribution in [3.8, 4) is 0 Å². The molecule has 1 aliphatic carbocycles. The summed E-state index contributed by atoms with van der Waals surface area (Å²) in [4.78, 5) is 2.20. The van der Waals surface area contributed by atoms with Gasteiger partial charge in [-0.3, -0.25) is 0 Å². The summed E-state index contributed by atoms with van der Waals surface area (Å²) < 4.78 is 33.9. The van der Waals surface area contributed by atoms with Crippen LogP contribution in [0.1, 0.15) is 58.8 Å². The molecule has 138 valence electrons. The van der Waals surface area contributed by atoms with Crippen LogP contribution in [0.4, 0.5) is 0 Å². The van der Waals surface area contributed by atoms with Gasteiger partial charge in [0.25, 0.3) is 0 Å². The minimum absolute atomic E-state index is 0.0831. The van der Waals surface area contributed by atoms with Crippen molar-refractivity contribution in [3.05, 3.63) is 35.5 Å². The topological polar surface area (TPSA) is 58.6 Å². The summed E-state index contributed by atoms with van der Waals surface area (Å²) in [6, 6.07) is 0. The second-order valence-electron chi connectivity index (χ2n) is 8.15. The smallest absolute Gasteiger partial charge is 0.214 e. The van der Waals surface area contributed by atoms with E-state index in [0.717, 1.165) is 37.9 Å². The van der Waals surface area contributed by atoms with Gasteiger partial charge < -0.3 is 9.64 Å². The lowest BCUT2D eigenvalue weighted by Crippen LogP contribution is -2.38. The number of hydrogen-bond acceptors (Lipinski definition) is 4. The molecule has 0 aromatic rings. The Balaban J connectivity index is 1.66. The number of rotatable bonds is 4. The van der Waals surface area contributed by atoms with Crippen LogP contribution in [0.5, 0.6) is 0 Å². The van der Waals surface area contributed by atoms with Crippen LogP contribution in [-0.4, -0.2) is 25.3 Å². The van der Waals surface area contributed by atoms with Crippen molar-refractivity contribution in [1.82, 2.24) is 9.62 Å². The quantitative estimate of drug-likeness (QED) is 0.828. The Morgan fingerprint density at radius 1 is 1.36 bits per heavy atom. The highest BCUT2D eigenvalue weighted by Crippen LogP contribution is 2.58. The highest BCUT2D eigenvalue weighted by atomic mass is 32.2. The van der Waals surface area contributed by atoms with Crippen molar-refractivity contribution >= 4 is 10.0 Å². The minimum atomic E-state index is -3.32. The fourth-order valence-electron chi connectivity index (χ4n) is 4.77. The Bertz CT molecular complexity index is 751. The average molecular weight is 365 g/mol. The first-order chi connectivity index (χ1) is 11.9. The van der Waals surface area contributed by atoms with E-state index in [-0.39, 0.29) is 17.1 Å². The molecule has 2 unspecified atom stereocenters. The highest BCUT2D eigenvalue weighted by molar-refractivity contribution is 7.89. The van der Waals surface area contributed by atoms with Gasteiger partial charge in [-0.1, -0.05) is 26.3 Å². The van der Waals surface area contributed by atoms with Gasteiger partial charge in [-0.2, -0.15) is 4.72 Å². The Labute approximate surface area is 150 Å². The fourth-order valence-corrected chi connectivity index (χ4v) is 6.28. The monoisotopic (exact) mass is 364 g/mol. The maximum Gasteiger partial charge on any atom is 0.214 e. The minimum Gasteiger partial charge on any atom is -0.476 e. The molecule has 3 heterocycles. The normalized spacial score (nSPS) is 31.4. The summed E-state index contributed by atoms with van der Waals surface area (Å²) in [6.07, 6.45) is 13.4. The van der Waals surface area contributed by atoms with Gasteiger partial charge in [-0.05, 0) is 43.6 Å². The number of allylic oxidation sites excluding steroid dienone is 3. The first kappa shape index (κ1) is 17.2.